The van der Waals surface area contributed by atoms with Gasteiger partial charge in [0.25, 0.3) is 0 Å². The van der Waals surface area contributed by atoms with Crippen LogP contribution in [0.3, 0.4) is 0 Å². The van der Waals surface area contributed by atoms with Gasteiger partial charge in [-0.1, -0.05) is 31.9 Å². The van der Waals surface area contributed by atoms with E-state index in [1.807, 2.05) is 25.0 Å². The number of hydrogen-bond donors (Lipinski definition) is 1. The highest BCUT2D eigenvalue weighted by molar-refractivity contribution is 5.06. The lowest BCUT2D eigenvalue weighted by Gasteiger charge is -2.43. The standard InChI is InChI=1S/C13H24N4/c1-13(2)8-6-5-7-10(13)12(14-3)11-9-15-16-17(11)4/h9-10,12,14H,5-8H2,1-4H3. The van der Waals surface area contributed by atoms with Crippen LogP contribution in [0.25, 0.3) is 0 Å². The van der Waals surface area contributed by atoms with Gasteiger partial charge < -0.3 is 5.32 Å². The average Bonchev–Trinajstić information content (AvgIpc) is 2.68. The van der Waals surface area contributed by atoms with Crippen LogP contribution in [0.15, 0.2) is 6.20 Å². The van der Waals surface area contributed by atoms with Gasteiger partial charge in [-0.15, -0.1) is 5.10 Å². The summed E-state index contributed by atoms with van der Waals surface area (Å²) in [5.74, 6) is 0.665. The lowest BCUT2D eigenvalue weighted by molar-refractivity contribution is 0.0982. The normalized spacial score (nSPS) is 25.8. The van der Waals surface area contributed by atoms with Gasteiger partial charge in [0.15, 0.2) is 0 Å². The van der Waals surface area contributed by atoms with Crippen LogP contribution in [-0.4, -0.2) is 22.0 Å². The molecule has 0 bridgehead atoms. The van der Waals surface area contributed by atoms with Gasteiger partial charge in [-0.2, -0.15) is 0 Å². The van der Waals surface area contributed by atoms with Gasteiger partial charge in [-0.3, -0.25) is 4.68 Å². The van der Waals surface area contributed by atoms with Gasteiger partial charge in [-0.05, 0) is 31.2 Å². The molecule has 1 aromatic heterocycles. The maximum absolute atomic E-state index is 4.05. The third-order valence-electron chi connectivity index (χ3n) is 4.37. The maximum atomic E-state index is 4.05. The van der Waals surface area contributed by atoms with Gasteiger partial charge in [-0.25, -0.2) is 0 Å². The van der Waals surface area contributed by atoms with Crippen molar-refractivity contribution in [3.63, 3.8) is 0 Å². The van der Waals surface area contributed by atoms with Crippen molar-refractivity contribution in [1.29, 1.82) is 0 Å². The van der Waals surface area contributed by atoms with Crippen molar-refractivity contribution in [3.05, 3.63) is 11.9 Å². The van der Waals surface area contributed by atoms with E-state index in [-0.39, 0.29) is 0 Å². The Bertz CT molecular complexity index is 369. The van der Waals surface area contributed by atoms with Crippen LogP contribution >= 0.6 is 0 Å². The third-order valence-corrected chi connectivity index (χ3v) is 4.37. The van der Waals surface area contributed by atoms with Gasteiger partial charge >= 0.3 is 0 Å². The van der Waals surface area contributed by atoms with Crippen LogP contribution in [0.2, 0.25) is 0 Å². The Balaban J connectivity index is 2.26. The van der Waals surface area contributed by atoms with E-state index in [1.54, 1.807) is 0 Å². The quantitative estimate of drug-likeness (QED) is 0.875. The molecule has 4 heteroatoms. The molecule has 2 unspecified atom stereocenters. The van der Waals surface area contributed by atoms with Crippen molar-refractivity contribution in [2.75, 3.05) is 7.05 Å². The Morgan fingerprint density at radius 3 is 2.76 bits per heavy atom. The van der Waals surface area contributed by atoms with Crippen LogP contribution in [0, 0.1) is 11.3 Å². The minimum Gasteiger partial charge on any atom is -0.311 e. The second kappa shape index (κ2) is 4.77. The highest BCUT2D eigenvalue weighted by Crippen LogP contribution is 2.46. The second-order valence-corrected chi connectivity index (χ2v) is 5.89. The highest BCUT2D eigenvalue weighted by Gasteiger charge is 2.38. The van der Waals surface area contributed by atoms with Crippen molar-refractivity contribution in [2.45, 2.75) is 45.6 Å². The summed E-state index contributed by atoms with van der Waals surface area (Å²) in [6.45, 7) is 4.79. The molecule has 1 heterocycles. The smallest absolute Gasteiger partial charge is 0.0756 e. The predicted molar refractivity (Wildman–Crippen MR) is 68.5 cm³/mol. The molecule has 0 aliphatic heterocycles. The van der Waals surface area contributed by atoms with E-state index in [0.717, 1.165) is 0 Å². The van der Waals surface area contributed by atoms with E-state index in [4.69, 9.17) is 0 Å². The summed E-state index contributed by atoms with van der Waals surface area (Å²) in [6.07, 6.45) is 7.22. The van der Waals surface area contributed by atoms with Crippen LogP contribution in [0.5, 0.6) is 0 Å². The van der Waals surface area contributed by atoms with Crippen molar-refractivity contribution in [1.82, 2.24) is 20.3 Å². The minimum absolute atomic E-state index is 0.366. The summed E-state index contributed by atoms with van der Waals surface area (Å²) < 4.78 is 1.89. The zero-order valence-electron chi connectivity index (χ0n) is 11.4. The fourth-order valence-corrected chi connectivity index (χ4v) is 3.27. The Morgan fingerprint density at radius 1 is 1.47 bits per heavy atom. The van der Waals surface area contributed by atoms with Crippen LogP contribution in [0.1, 0.15) is 51.3 Å². The molecule has 1 aromatic rings. The van der Waals surface area contributed by atoms with Crippen molar-refractivity contribution in [3.8, 4) is 0 Å². The van der Waals surface area contributed by atoms with Gasteiger partial charge in [0.2, 0.25) is 0 Å². The summed E-state index contributed by atoms with van der Waals surface area (Å²) in [4.78, 5) is 0. The lowest BCUT2D eigenvalue weighted by Crippen LogP contribution is -2.38. The number of aryl methyl sites for hydroxylation is 1. The molecule has 0 aromatic carbocycles. The predicted octanol–water partition coefficient (Wildman–Crippen LogP) is 2.29. The molecule has 2 rings (SSSR count). The maximum Gasteiger partial charge on any atom is 0.0756 e. The zero-order chi connectivity index (χ0) is 12.5. The van der Waals surface area contributed by atoms with E-state index < -0.39 is 0 Å². The Kier molecular flexibility index (Phi) is 3.52. The van der Waals surface area contributed by atoms with E-state index in [2.05, 4.69) is 29.5 Å². The first-order chi connectivity index (χ1) is 8.06. The van der Waals surface area contributed by atoms with Crippen LogP contribution < -0.4 is 5.32 Å². The largest absolute Gasteiger partial charge is 0.311 e. The first kappa shape index (κ1) is 12.6. The second-order valence-electron chi connectivity index (χ2n) is 5.89. The van der Waals surface area contributed by atoms with Crippen molar-refractivity contribution in [2.24, 2.45) is 18.4 Å². The fraction of sp³-hybridized carbons (Fsp3) is 0.846. The Morgan fingerprint density at radius 2 is 2.24 bits per heavy atom. The fourth-order valence-electron chi connectivity index (χ4n) is 3.27. The number of rotatable bonds is 3. The van der Waals surface area contributed by atoms with Gasteiger partial charge in [0.05, 0.1) is 17.9 Å². The molecule has 2 atom stereocenters. The number of nitrogens with one attached hydrogen (secondary N) is 1. The average molecular weight is 236 g/mol. The molecule has 1 aliphatic rings. The number of hydrogen-bond acceptors (Lipinski definition) is 3. The first-order valence-corrected chi connectivity index (χ1v) is 6.58. The molecule has 0 radical (unpaired) electrons. The molecule has 0 saturated heterocycles. The van der Waals surface area contributed by atoms with Crippen molar-refractivity contribution < 1.29 is 0 Å². The summed E-state index contributed by atoms with van der Waals surface area (Å²) in [6, 6.07) is 0.366. The van der Waals surface area contributed by atoms with E-state index in [1.165, 1.54) is 31.4 Å². The molecule has 1 saturated carbocycles. The molecule has 1 fully saturated rings. The Labute approximate surface area is 104 Å². The molecular formula is C13H24N4. The van der Waals surface area contributed by atoms with Gasteiger partial charge in [0.1, 0.15) is 0 Å². The molecule has 0 amide bonds. The highest BCUT2D eigenvalue weighted by atomic mass is 15.4. The summed E-state index contributed by atoms with van der Waals surface area (Å²) in [5, 5.41) is 11.5. The summed E-state index contributed by atoms with van der Waals surface area (Å²) in [5.41, 5.74) is 1.60. The van der Waals surface area contributed by atoms with Crippen LogP contribution in [0.4, 0.5) is 0 Å². The number of aromatic nitrogens is 3. The van der Waals surface area contributed by atoms with Crippen molar-refractivity contribution >= 4 is 0 Å². The molecule has 4 nitrogen and oxygen atoms in total. The molecule has 1 N–H and O–H groups in total. The summed E-state index contributed by atoms with van der Waals surface area (Å²) >= 11 is 0. The topological polar surface area (TPSA) is 42.7 Å². The van der Waals surface area contributed by atoms with E-state index >= 15 is 0 Å². The molecule has 0 spiro atoms. The molecule has 1 aliphatic carbocycles. The number of nitrogens with zero attached hydrogens (tertiary/aromatic N) is 3. The molecule has 96 valence electrons. The Hall–Kier alpha value is -0.900. The third kappa shape index (κ3) is 2.37. The SMILES string of the molecule is CNC(c1cnnn1C)C1CCCCC1(C)C. The first-order valence-electron chi connectivity index (χ1n) is 6.58. The zero-order valence-corrected chi connectivity index (χ0v) is 11.4. The van der Waals surface area contributed by atoms with Gasteiger partial charge in [0, 0.05) is 7.05 Å². The van der Waals surface area contributed by atoms with E-state index in [9.17, 15) is 0 Å². The van der Waals surface area contributed by atoms with E-state index in [0.29, 0.717) is 17.4 Å². The molecular weight excluding hydrogens is 212 g/mol. The van der Waals surface area contributed by atoms with Crippen LogP contribution in [-0.2, 0) is 7.05 Å². The summed E-state index contributed by atoms with van der Waals surface area (Å²) in [7, 11) is 4.02. The molecule has 17 heavy (non-hydrogen) atoms. The monoisotopic (exact) mass is 236 g/mol. The minimum atomic E-state index is 0.366. The lowest BCUT2D eigenvalue weighted by atomic mass is 9.65.